The fourth-order valence-electron chi connectivity index (χ4n) is 2.53. The Hall–Kier alpha value is -2.39. The van der Waals surface area contributed by atoms with Gasteiger partial charge in [-0.15, -0.1) is 23.1 Å². The number of guanidine groups is 1. The highest BCUT2D eigenvalue weighted by Crippen LogP contribution is 2.31. The lowest BCUT2D eigenvalue weighted by Crippen LogP contribution is -2.46. The van der Waals surface area contributed by atoms with Crippen LogP contribution in [0.4, 0.5) is 5.69 Å². The highest BCUT2D eigenvalue weighted by atomic mass is 32.2. The summed E-state index contributed by atoms with van der Waals surface area (Å²) in [5.74, 6) is -0.329. The summed E-state index contributed by atoms with van der Waals surface area (Å²) in [7, 11) is 0. The second-order valence-corrected chi connectivity index (χ2v) is 7.89. The van der Waals surface area contributed by atoms with Crippen LogP contribution in [0, 0.1) is 0 Å². The van der Waals surface area contributed by atoms with E-state index in [4.69, 9.17) is 5.73 Å². The van der Waals surface area contributed by atoms with Gasteiger partial charge in [0.25, 0.3) is 5.91 Å². The summed E-state index contributed by atoms with van der Waals surface area (Å²) >= 11 is 3.03. The van der Waals surface area contributed by atoms with Crippen LogP contribution in [0.2, 0.25) is 0 Å². The SMILES string of the molecule is CSc1ccc(C(=O)Nc2ccnc(C3(C)CC(=O)NC(N)=N3)c2)s1. The predicted molar refractivity (Wildman–Crippen MR) is 100 cm³/mol. The van der Waals surface area contributed by atoms with Crippen LogP contribution in [0.1, 0.15) is 28.7 Å². The van der Waals surface area contributed by atoms with Gasteiger partial charge in [0.05, 0.1) is 21.2 Å². The Balaban J connectivity index is 1.83. The highest BCUT2D eigenvalue weighted by molar-refractivity contribution is 8.00. The molecular formula is C16H17N5O2S2. The number of aliphatic imine (C=N–C) groups is 1. The Morgan fingerprint density at radius 1 is 1.44 bits per heavy atom. The average molecular weight is 375 g/mol. The molecule has 3 heterocycles. The zero-order chi connectivity index (χ0) is 18.0. The molecule has 0 saturated heterocycles. The van der Waals surface area contributed by atoms with E-state index < -0.39 is 5.54 Å². The number of aromatic nitrogens is 1. The number of amides is 2. The Morgan fingerprint density at radius 2 is 2.24 bits per heavy atom. The van der Waals surface area contributed by atoms with Crippen molar-refractivity contribution in [1.82, 2.24) is 10.3 Å². The maximum Gasteiger partial charge on any atom is 0.265 e. The van der Waals surface area contributed by atoms with E-state index >= 15 is 0 Å². The molecule has 0 aromatic carbocycles. The van der Waals surface area contributed by atoms with Gasteiger partial charge in [-0.2, -0.15) is 0 Å². The summed E-state index contributed by atoms with van der Waals surface area (Å²) in [6, 6.07) is 7.13. The van der Waals surface area contributed by atoms with Crippen molar-refractivity contribution in [3.63, 3.8) is 0 Å². The van der Waals surface area contributed by atoms with Gasteiger partial charge in [0.15, 0.2) is 5.96 Å². The second kappa shape index (κ2) is 6.85. The van der Waals surface area contributed by atoms with Gasteiger partial charge >= 0.3 is 0 Å². The zero-order valence-corrected chi connectivity index (χ0v) is 15.3. The second-order valence-electron chi connectivity index (χ2n) is 5.70. The fourth-order valence-corrected chi connectivity index (χ4v) is 3.97. The van der Waals surface area contributed by atoms with Crippen molar-refractivity contribution in [1.29, 1.82) is 0 Å². The number of carbonyl (C=O) groups is 2. The molecule has 9 heteroatoms. The summed E-state index contributed by atoms with van der Waals surface area (Å²) in [5, 5.41) is 5.33. The normalized spacial score (nSPS) is 19.9. The number of rotatable bonds is 4. The molecule has 3 rings (SSSR count). The first kappa shape index (κ1) is 17.4. The topological polar surface area (TPSA) is 109 Å². The number of thiophene rings is 1. The molecule has 1 aliphatic rings. The number of pyridine rings is 1. The Labute approximate surface area is 153 Å². The molecule has 0 saturated carbocycles. The lowest BCUT2D eigenvalue weighted by atomic mass is 9.92. The number of nitrogens with zero attached hydrogens (tertiary/aromatic N) is 2. The lowest BCUT2D eigenvalue weighted by Gasteiger charge is -2.28. The minimum Gasteiger partial charge on any atom is -0.370 e. The monoisotopic (exact) mass is 375 g/mol. The summed E-state index contributed by atoms with van der Waals surface area (Å²) < 4.78 is 1.08. The molecule has 7 nitrogen and oxygen atoms in total. The van der Waals surface area contributed by atoms with Crippen molar-refractivity contribution < 1.29 is 9.59 Å². The van der Waals surface area contributed by atoms with Crippen LogP contribution in [-0.4, -0.2) is 29.0 Å². The number of hydrogen-bond donors (Lipinski definition) is 3. The fraction of sp³-hybridized carbons (Fsp3) is 0.250. The summed E-state index contributed by atoms with van der Waals surface area (Å²) in [4.78, 5) is 33.4. The number of anilines is 1. The van der Waals surface area contributed by atoms with Gasteiger partial charge in [-0.1, -0.05) is 0 Å². The van der Waals surface area contributed by atoms with Crippen LogP contribution >= 0.6 is 23.1 Å². The molecule has 1 unspecified atom stereocenters. The van der Waals surface area contributed by atoms with Crippen molar-refractivity contribution in [2.45, 2.75) is 23.1 Å². The molecule has 0 aliphatic carbocycles. The average Bonchev–Trinajstić information content (AvgIpc) is 3.03. The van der Waals surface area contributed by atoms with Crippen molar-refractivity contribution >= 4 is 46.6 Å². The minimum atomic E-state index is -0.859. The first-order valence-electron chi connectivity index (χ1n) is 7.46. The van der Waals surface area contributed by atoms with E-state index in [0.29, 0.717) is 16.3 Å². The highest BCUT2D eigenvalue weighted by Gasteiger charge is 2.34. The molecule has 0 fully saturated rings. The van der Waals surface area contributed by atoms with E-state index in [1.54, 1.807) is 43.1 Å². The van der Waals surface area contributed by atoms with E-state index in [2.05, 4.69) is 20.6 Å². The molecule has 2 aromatic heterocycles. The maximum atomic E-state index is 12.4. The molecule has 1 aliphatic heterocycles. The Bertz CT molecular complexity index is 864. The summed E-state index contributed by atoms with van der Waals surface area (Å²) in [5.41, 5.74) is 5.97. The van der Waals surface area contributed by atoms with Crippen LogP contribution in [0.15, 0.2) is 39.7 Å². The molecule has 2 amide bonds. The van der Waals surface area contributed by atoms with Gasteiger partial charge in [0, 0.05) is 11.9 Å². The van der Waals surface area contributed by atoms with E-state index in [1.807, 2.05) is 12.3 Å². The van der Waals surface area contributed by atoms with Gasteiger partial charge in [0.2, 0.25) is 5.91 Å². The van der Waals surface area contributed by atoms with Crippen LogP contribution in [0.25, 0.3) is 0 Å². The Kier molecular flexibility index (Phi) is 4.78. The molecule has 0 bridgehead atoms. The molecule has 2 aromatic rings. The summed E-state index contributed by atoms with van der Waals surface area (Å²) in [6.07, 6.45) is 3.69. The molecule has 25 heavy (non-hydrogen) atoms. The predicted octanol–water partition coefficient (Wildman–Crippen LogP) is 2.17. The van der Waals surface area contributed by atoms with Gasteiger partial charge in [-0.25, -0.2) is 4.99 Å². The third-order valence-electron chi connectivity index (χ3n) is 3.72. The molecule has 4 N–H and O–H groups in total. The molecule has 1 atom stereocenters. The lowest BCUT2D eigenvalue weighted by molar-refractivity contribution is -0.121. The molecule has 0 radical (unpaired) electrons. The third-order valence-corrected chi connectivity index (χ3v) is 5.88. The van der Waals surface area contributed by atoms with Crippen LogP contribution in [0.5, 0.6) is 0 Å². The maximum absolute atomic E-state index is 12.4. The number of carbonyl (C=O) groups excluding carboxylic acids is 2. The van der Waals surface area contributed by atoms with Crippen molar-refractivity contribution in [3.05, 3.63) is 41.0 Å². The standard InChI is InChI=1S/C16H17N5O2S2/c1-16(8-12(22)20-15(17)21-16)11-7-9(5-6-18-11)19-14(23)10-3-4-13(24-2)25-10/h3-7H,8H2,1-2H3,(H,18,19,23)(H3,17,20,21,22). The van der Waals surface area contributed by atoms with Gasteiger partial charge in [0.1, 0.15) is 5.54 Å². The number of hydrogen-bond acceptors (Lipinski definition) is 7. The first-order valence-corrected chi connectivity index (χ1v) is 9.50. The quantitative estimate of drug-likeness (QED) is 0.710. The molecule has 0 spiro atoms. The molecular weight excluding hydrogens is 358 g/mol. The Morgan fingerprint density at radius 3 is 2.92 bits per heavy atom. The van der Waals surface area contributed by atoms with Crippen LogP contribution in [-0.2, 0) is 10.3 Å². The van der Waals surface area contributed by atoms with E-state index in [9.17, 15) is 9.59 Å². The van der Waals surface area contributed by atoms with Crippen LogP contribution < -0.4 is 16.4 Å². The van der Waals surface area contributed by atoms with E-state index in [1.165, 1.54) is 11.3 Å². The van der Waals surface area contributed by atoms with Gasteiger partial charge in [-0.05, 0) is 37.4 Å². The first-order chi connectivity index (χ1) is 11.9. The van der Waals surface area contributed by atoms with Gasteiger partial charge in [-0.3, -0.25) is 19.9 Å². The van der Waals surface area contributed by atoms with Gasteiger partial charge < -0.3 is 11.1 Å². The third kappa shape index (κ3) is 3.83. The minimum absolute atomic E-state index is 0.0677. The number of nitrogens with two attached hydrogens (primary N) is 1. The van der Waals surface area contributed by atoms with Crippen molar-refractivity contribution in [2.75, 3.05) is 11.6 Å². The number of thioether (sulfide) groups is 1. The number of nitrogens with one attached hydrogen (secondary N) is 2. The van der Waals surface area contributed by atoms with E-state index in [-0.39, 0.29) is 24.2 Å². The molecule has 130 valence electrons. The van der Waals surface area contributed by atoms with Crippen LogP contribution in [0.3, 0.4) is 0 Å². The smallest absolute Gasteiger partial charge is 0.265 e. The largest absolute Gasteiger partial charge is 0.370 e. The van der Waals surface area contributed by atoms with Crippen molar-refractivity contribution in [3.8, 4) is 0 Å². The van der Waals surface area contributed by atoms with Crippen molar-refractivity contribution in [2.24, 2.45) is 10.7 Å². The summed E-state index contributed by atoms with van der Waals surface area (Å²) in [6.45, 7) is 1.79. The van der Waals surface area contributed by atoms with E-state index in [0.717, 1.165) is 4.21 Å². The zero-order valence-electron chi connectivity index (χ0n) is 13.7.